The number of carbonyl (C=O) groups excluding carboxylic acids is 1. The molecule has 0 bridgehead atoms. The number of nitrogens with one attached hydrogen (secondary N) is 1. The Bertz CT molecular complexity index is 820. The average molecular weight is 366 g/mol. The third kappa shape index (κ3) is 3.97. The summed E-state index contributed by atoms with van der Waals surface area (Å²) in [4.78, 5) is 12.4. The Labute approximate surface area is 144 Å². The summed E-state index contributed by atoms with van der Waals surface area (Å²) < 4.78 is 24.7. The van der Waals surface area contributed by atoms with Crippen LogP contribution in [-0.4, -0.2) is 47.7 Å². The third-order valence-corrected chi connectivity index (χ3v) is 5.96. The van der Waals surface area contributed by atoms with Crippen molar-refractivity contribution in [3.63, 3.8) is 0 Å². The van der Waals surface area contributed by atoms with Crippen LogP contribution in [-0.2, 0) is 21.2 Å². The van der Waals surface area contributed by atoms with Crippen LogP contribution in [0.4, 0.5) is 5.13 Å². The van der Waals surface area contributed by atoms with Gasteiger partial charge in [-0.3, -0.25) is 10.1 Å². The summed E-state index contributed by atoms with van der Waals surface area (Å²) in [5, 5.41) is 11.9. The van der Waals surface area contributed by atoms with Gasteiger partial charge in [-0.2, -0.15) is 4.31 Å². The van der Waals surface area contributed by atoms with E-state index < -0.39 is 16.1 Å². The van der Waals surface area contributed by atoms with Crippen LogP contribution >= 0.6 is 11.3 Å². The number of anilines is 1. The molecule has 24 heavy (non-hydrogen) atoms. The Hall–Kier alpha value is -1.84. The monoisotopic (exact) mass is 366 g/mol. The van der Waals surface area contributed by atoms with Gasteiger partial charge in [-0.05, 0) is 18.4 Å². The van der Waals surface area contributed by atoms with Gasteiger partial charge < -0.3 is 0 Å². The number of carbonyl (C=O) groups is 1. The van der Waals surface area contributed by atoms with Gasteiger partial charge in [0.2, 0.25) is 21.1 Å². The molecular formula is C15H18N4O3S2. The molecule has 1 aromatic carbocycles. The van der Waals surface area contributed by atoms with Crippen molar-refractivity contribution in [3.8, 4) is 0 Å². The van der Waals surface area contributed by atoms with E-state index in [0.29, 0.717) is 30.9 Å². The first-order valence-corrected chi connectivity index (χ1v) is 10.2. The predicted octanol–water partition coefficient (Wildman–Crippen LogP) is 1.49. The molecule has 1 aliphatic heterocycles. The van der Waals surface area contributed by atoms with Gasteiger partial charge in [0.25, 0.3) is 0 Å². The summed E-state index contributed by atoms with van der Waals surface area (Å²) in [5.74, 6) is -0.347. The zero-order chi connectivity index (χ0) is 17.2. The topological polar surface area (TPSA) is 92.3 Å². The molecular weight excluding hydrogens is 348 g/mol. The molecule has 1 aromatic heterocycles. The van der Waals surface area contributed by atoms with Crippen molar-refractivity contribution in [2.45, 2.75) is 25.3 Å². The minimum Gasteiger partial charge on any atom is -0.299 e. The van der Waals surface area contributed by atoms with Crippen molar-refractivity contribution in [2.75, 3.05) is 18.1 Å². The zero-order valence-corrected chi connectivity index (χ0v) is 14.8. The van der Waals surface area contributed by atoms with Gasteiger partial charge >= 0.3 is 0 Å². The number of rotatable bonds is 5. The van der Waals surface area contributed by atoms with E-state index in [1.54, 1.807) is 0 Å². The van der Waals surface area contributed by atoms with E-state index in [4.69, 9.17) is 0 Å². The van der Waals surface area contributed by atoms with E-state index in [0.717, 1.165) is 16.8 Å². The van der Waals surface area contributed by atoms with Crippen molar-refractivity contribution < 1.29 is 13.2 Å². The van der Waals surface area contributed by atoms with Crippen LogP contribution in [0.5, 0.6) is 0 Å². The SMILES string of the molecule is CS(=O)(=O)N1CCC[C@H]1C(=O)Nc1nnc(Cc2ccccc2)s1. The molecule has 1 aliphatic rings. The van der Waals surface area contributed by atoms with Crippen LogP contribution in [0.1, 0.15) is 23.4 Å². The highest BCUT2D eigenvalue weighted by Gasteiger charge is 2.36. The Morgan fingerprint density at radius 3 is 2.79 bits per heavy atom. The Morgan fingerprint density at radius 2 is 2.08 bits per heavy atom. The highest BCUT2D eigenvalue weighted by molar-refractivity contribution is 7.88. The minimum absolute atomic E-state index is 0.347. The summed E-state index contributed by atoms with van der Waals surface area (Å²) in [6.45, 7) is 0.381. The summed E-state index contributed by atoms with van der Waals surface area (Å²) in [5.41, 5.74) is 1.12. The summed E-state index contributed by atoms with van der Waals surface area (Å²) in [6, 6.07) is 9.20. The van der Waals surface area contributed by atoms with Gasteiger partial charge in [-0.25, -0.2) is 8.42 Å². The van der Waals surface area contributed by atoms with Gasteiger partial charge in [-0.15, -0.1) is 10.2 Å². The number of nitrogens with zero attached hydrogens (tertiary/aromatic N) is 3. The van der Waals surface area contributed by atoms with Crippen LogP contribution in [0.3, 0.4) is 0 Å². The lowest BCUT2D eigenvalue weighted by Gasteiger charge is -2.20. The molecule has 0 unspecified atom stereocenters. The maximum absolute atomic E-state index is 12.4. The minimum atomic E-state index is -3.38. The fourth-order valence-corrected chi connectivity index (χ4v) is 4.63. The number of benzene rings is 1. The number of sulfonamides is 1. The van der Waals surface area contributed by atoms with Gasteiger partial charge in [0, 0.05) is 13.0 Å². The molecule has 1 fully saturated rings. The molecule has 7 nitrogen and oxygen atoms in total. The quantitative estimate of drug-likeness (QED) is 0.865. The fraction of sp³-hybridized carbons (Fsp3) is 0.400. The van der Waals surface area contributed by atoms with Crippen molar-refractivity contribution in [2.24, 2.45) is 0 Å². The first kappa shape index (κ1) is 17.0. The molecule has 0 saturated carbocycles. The van der Waals surface area contributed by atoms with Crippen molar-refractivity contribution in [1.82, 2.24) is 14.5 Å². The fourth-order valence-electron chi connectivity index (χ4n) is 2.73. The van der Waals surface area contributed by atoms with E-state index in [9.17, 15) is 13.2 Å². The lowest BCUT2D eigenvalue weighted by molar-refractivity contribution is -0.119. The average Bonchev–Trinajstić information content (AvgIpc) is 3.17. The smallest absolute Gasteiger partial charge is 0.244 e. The van der Waals surface area contributed by atoms with E-state index in [1.165, 1.54) is 15.6 Å². The first-order chi connectivity index (χ1) is 11.4. The van der Waals surface area contributed by atoms with Gasteiger partial charge in [0.05, 0.1) is 6.26 Å². The molecule has 1 amide bonds. The number of hydrogen-bond acceptors (Lipinski definition) is 6. The van der Waals surface area contributed by atoms with E-state index >= 15 is 0 Å². The van der Waals surface area contributed by atoms with E-state index in [2.05, 4.69) is 15.5 Å². The van der Waals surface area contributed by atoms with Crippen molar-refractivity contribution in [3.05, 3.63) is 40.9 Å². The molecule has 128 valence electrons. The molecule has 3 rings (SSSR count). The summed E-state index contributed by atoms with van der Waals surface area (Å²) in [7, 11) is -3.38. The van der Waals surface area contributed by atoms with Crippen LogP contribution in [0, 0.1) is 0 Å². The Kier molecular flexibility index (Phi) is 4.93. The molecule has 0 aliphatic carbocycles. The second-order valence-electron chi connectivity index (χ2n) is 5.68. The van der Waals surface area contributed by atoms with Crippen molar-refractivity contribution >= 4 is 32.4 Å². The second-order valence-corrected chi connectivity index (χ2v) is 8.68. The highest BCUT2D eigenvalue weighted by Crippen LogP contribution is 2.23. The zero-order valence-electron chi connectivity index (χ0n) is 13.2. The molecule has 1 N–H and O–H groups in total. The van der Waals surface area contributed by atoms with E-state index in [1.807, 2.05) is 30.3 Å². The second kappa shape index (κ2) is 6.96. The molecule has 1 atom stereocenters. The number of amides is 1. The maximum atomic E-state index is 12.4. The van der Waals surface area contributed by atoms with Crippen LogP contribution in [0.15, 0.2) is 30.3 Å². The molecule has 2 aromatic rings. The highest BCUT2D eigenvalue weighted by atomic mass is 32.2. The van der Waals surface area contributed by atoms with Crippen molar-refractivity contribution in [1.29, 1.82) is 0 Å². The summed E-state index contributed by atoms with van der Waals surface area (Å²) in [6.07, 6.45) is 2.98. The molecule has 2 heterocycles. The lowest BCUT2D eigenvalue weighted by Crippen LogP contribution is -2.42. The Morgan fingerprint density at radius 1 is 1.33 bits per heavy atom. The first-order valence-electron chi connectivity index (χ1n) is 7.57. The standard InChI is InChI=1S/C15H18N4O3S2/c1-24(21,22)19-9-5-8-12(19)14(20)16-15-18-17-13(23-15)10-11-6-3-2-4-7-11/h2-4,6-7,12H,5,8-10H2,1H3,(H,16,18,20)/t12-/m0/s1. The molecule has 0 spiro atoms. The van der Waals surface area contributed by atoms with Crippen LogP contribution in [0.25, 0.3) is 0 Å². The molecule has 1 saturated heterocycles. The van der Waals surface area contributed by atoms with Crippen LogP contribution < -0.4 is 5.32 Å². The normalized spacial score (nSPS) is 18.6. The Balaban J connectivity index is 1.65. The number of hydrogen-bond donors (Lipinski definition) is 1. The largest absolute Gasteiger partial charge is 0.299 e. The van der Waals surface area contributed by atoms with Gasteiger partial charge in [-0.1, -0.05) is 41.7 Å². The van der Waals surface area contributed by atoms with Crippen LogP contribution in [0.2, 0.25) is 0 Å². The summed E-state index contributed by atoms with van der Waals surface area (Å²) >= 11 is 1.30. The lowest BCUT2D eigenvalue weighted by atomic mass is 10.2. The molecule has 9 heteroatoms. The maximum Gasteiger partial charge on any atom is 0.244 e. The van der Waals surface area contributed by atoms with Gasteiger partial charge in [0.15, 0.2) is 0 Å². The van der Waals surface area contributed by atoms with Gasteiger partial charge in [0.1, 0.15) is 11.0 Å². The predicted molar refractivity (Wildman–Crippen MR) is 92.4 cm³/mol. The molecule has 0 radical (unpaired) electrons. The van der Waals surface area contributed by atoms with E-state index in [-0.39, 0.29) is 5.91 Å². The number of aromatic nitrogens is 2. The third-order valence-electron chi connectivity index (χ3n) is 3.83.